The Morgan fingerprint density at radius 1 is 1.28 bits per heavy atom. The average Bonchev–Trinajstić information content (AvgIpc) is 2.56. The molecule has 2 rings (SSSR count). The van der Waals surface area contributed by atoms with Crippen LogP contribution in [0.1, 0.15) is 11.1 Å². The van der Waals surface area contributed by atoms with Crippen molar-refractivity contribution >= 4 is 21.8 Å². The Morgan fingerprint density at radius 2 is 1.96 bits per heavy atom. The topological polar surface area (TPSA) is 80.6 Å². The van der Waals surface area contributed by atoms with Crippen molar-refractivity contribution in [1.29, 1.82) is 0 Å². The summed E-state index contributed by atoms with van der Waals surface area (Å²) in [6.45, 7) is 3.89. The van der Waals surface area contributed by atoms with E-state index in [1.165, 1.54) is 10.6 Å². The van der Waals surface area contributed by atoms with Crippen molar-refractivity contribution in [2.24, 2.45) is 0 Å². The molecule has 0 radical (unpaired) electrons. The number of carbonyl (C=O) groups excluding carboxylic acids is 1. The molecule has 0 aliphatic heterocycles. The van der Waals surface area contributed by atoms with E-state index < -0.39 is 6.10 Å². The van der Waals surface area contributed by atoms with Crippen molar-refractivity contribution in [2.75, 3.05) is 13.2 Å². The van der Waals surface area contributed by atoms with E-state index >= 15 is 0 Å². The van der Waals surface area contributed by atoms with Crippen LogP contribution in [0.15, 0.2) is 45.8 Å². The van der Waals surface area contributed by atoms with Crippen LogP contribution in [0.3, 0.4) is 0 Å². The summed E-state index contributed by atoms with van der Waals surface area (Å²) in [5.41, 5.74) is 1.72. The van der Waals surface area contributed by atoms with Crippen LogP contribution < -0.4 is 15.6 Å². The molecular weight excluding hydrogens is 388 g/mol. The standard InChI is InChI=1S/C18H21BrN2O4/c1-12-4-3-5-13(2)18(12)25-11-15(22)8-20-16(23)10-21-9-14(19)6-7-17(21)24/h3-7,9,15,22H,8,10-11H2,1-2H3,(H,20,23). The van der Waals surface area contributed by atoms with Crippen LogP contribution >= 0.6 is 15.9 Å². The zero-order valence-electron chi connectivity index (χ0n) is 14.2. The molecule has 0 saturated carbocycles. The zero-order chi connectivity index (χ0) is 18.4. The first-order chi connectivity index (χ1) is 11.9. The molecule has 0 saturated heterocycles. The van der Waals surface area contributed by atoms with Gasteiger partial charge in [0.05, 0.1) is 0 Å². The number of hydrogen-bond acceptors (Lipinski definition) is 4. The molecule has 0 spiro atoms. The number of nitrogens with zero attached hydrogens (tertiary/aromatic N) is 1. The van der Waals surface area contributed by atoms with Crippen molar-refractivity contribution in [2.45, 2.75) is 26.5 Å². The van der Waals surface area contributed by atoms with Crippen molar-refractivity contribution in [3.05, 3.63) is 62.5 Å². The first-order valence-electron chi connectivity index (χ1n) is 7.86. The van der Waals surface area contributed by atoms with Crippen molar-refractivity contribution in [3.8, 4) is 5.75 Å². The monoisotopic (exact) mass is 408 g/mol. The van der Waals surface area contributed by atoms with Crippen LogP contribution in [0.25, 0.3) is 0 Å². The minimum absolute atomic E-state index is 0.0481. The zero-order valence-corrected chi connectivity index (χ0v) is 15.7. The first-order valence-corrected chi connectivity index (χ1v) is 8.66. The largest absolute Gasteiger partial charge is 0.490 e. The summed E-state index contributed by atoms with van der Waals surface area (Å²) in [5.74, 6) is 0.389. The van der Waals surface area contributed by atoms with Crippen molar-refractivity contribution < 1.29 is 14.6 Å². The highest BCUT2D eigenvalue weighted by atomic mass is 79.9. The maximum Gasteiger partial charge on any atom is 0.251 e. The molecule has 0 bridgehead atoms. The van der Waals surface area contributed by atoms with E-state index in [0.717, 1.165) is 16.9 Å². The third kappa shape index (κ3) is 5.72. The third-order valence-corrected chi connectivity index (χ3v) is 4.09. The van der Waals surface area contributed by atoms with Gasteiger partial charge in [0.15, 0.2) is 0 Å². The van der Waals surface area contributed by atoms with Gasteiger partial charge < -0.3 is 19.7 Å². The molecule has 0 fully saturated rings. The summed E-state index contributed by atoms with van der Waals surface area (Å²) in [6, 6.07) is 8.81. The highest BCUT2D eigenvalue weighted by Gasteiger charge is 2.11. The van der Waals surface area contributed by atoms with Gasteiger partial charge in [-0.05, 0) is 47.0 Å². The van der Waals surface area contributed by atoms with Gasteiger partial charge in [-0.1, -0.05) is 18.2 Å². The fraction of sp³-hybridized carbons (Fsp3) is 0.333. The molecule has 7 heteroatoms. The molecule has 25 heavy (non-hydrogen) atoms. The lowest BCUT2D eigenvalue weighted by atomic mass is 10.1. The van der Waals surface area contributed by atoms with Crippen LogP contribution in [0.2, 0.25) is 0 Å². The summed E-state index contributed by atoms with van der Waals surface area (Å²) < 4.78 is 7.65. The minimum Gasteiger partial charge on any atom is -0.490 e. The second-order valence-corrected chi connectivity index (χ2v) is 6.72. The van der Waals surface area contributed by atoms with Crippen LogP contribution in [-0.4, -0.2) is 34.8 Å². The van der Waals surface area contributed by atoms with E-state index in [1.54, 1.807) is 12.3 Å². The van der Waals surface area contributed by atoms with Gasteiger partial charge in [-0.3, -0.25) is 9.59 Å². The number of amides is 1. The second kappa shape index (κ2) is 8.82. The Kier molecular flexibility index (Phi) is 6.78. The first kappa shape index (κ1) is 19.2. The van der Waals surface area contributed by atoms with Crippen molar-refractivity contribution in [3.63, 3.8) is 0 Å². The maximum absolute atomic E-state index is 11.9. The molecule has 1 heterocycles. The van der Waals surface area contributed by atoms with Gasteiger partial charge in [0.1, 0.15) is 25.0 Å². The minimum atomic E-state index is -0.845. The molecule has 1 amide bonds. The lowest BCUT2D eigenvalue weighted by Gasteiger charge is -2.16. The van der Waals surface area contributed by atoms with E-state index in [1.807, 2.05) is 32.0 Å². The number of nitrogens with one attached hydrogen (secondary N) is 1. The smallest absolute Gasteiger partial charge is 0.251 e. The third-order valence-electron chi connectivity index (χ3n) is 3.63. The predicted molar refractivity (Wildman–Crippen MR) is 98.8 cm³/mol. The number of hydrogen-bond donors (Lipinski definition) is 2. The molecule has 134 valence electrons. The summed E-state index contributed by atoms with van der Waals surface area (Å²) in [4.78, 5) is 23.6. The number of benzene rings is 1. The number of carbonyl (C=O) groups is 1. The van der Waals surface area contributed by atoms with Gasteiger partial charge in [0, 0.05) is 23.3 Å². The number of ether oxygens (including phenoxy) is 1. The quantitative estimate of drug-likeness (QED) is 0.731. The van der Waals surface area contributed by atoms with Gasteiger partial charge in [0.2, 0.25) is 5.91 Å². The highest BCUT2D eigenvalue weighted by molar-refractivity contribution is 9.10. The Bertz CT molecular complexity index is 784. The molecule has 1 atom stereocenters. The van der Waals surface area contributed by atoms with Gasteiger partial charge in [-0.25, -0.2) is 0 Å². The molecule has 1 aromatic carbocycles. The molecule has 6 nitrogen and oxygen atoms in total. The van der Waals surface area contributed by atoms with E-state index in [9.17, 15) is 14.7 Å². The molecule has 0 aliphatic carbocycles. The predicted octanol–water partition coefficient (Wildman–Crippen LogP) is 1.78. The van der Waals surface area contributed by atoms with Crippen LogP contribution in [0.5, 0.6) is 5.75 Å². The molecule has 0 aliphatic rings. The Morgan fingerprint density at radius 3 is 2.64 bits per heavy atom. The average molecular weight is 409 g/mol. The van der Waals surface area contributed by atoms with Crippen LogP contribution in [-0.2, 0) is 11.3 Å². The maximum atomic E-state index is 11.9. The Balaban J connectivity index is 1.81. The Labute approximate surface area is 154 Å². The summed E-state index contributed by atoms with van der Waals surface area (Å²) in [7, 11) is 0. The molecule has 2 N–H and O–H groups in total. The lowest BCUT2D eigenvalue weighted by Crippen LogP contribution is -2.38. The fourth-order valence-corrected chi connectivity index (χ4v) is 2.71. The number of aliphatic hydroxyl groups excluding tert-OH is 1. The molecule has 2 aromatic rings. The highest BCUT2D eigenvalue weighted by Crippen LogP contribution is 2.22. The number of para-hydroxylation sites is 1. The van der Waals surface area contributed by atoms with Crippen molar-refractivity contribution in [1.82, 2.24) is 9.88 Å². The Hall–Kier alpha value is -2.12. The molecule has 1 aromatic heterocycles. The number of aliphatic hydroxyl groups is 1. The van der Waals surface area contributed by atoms with Crippen LogP contribution in [0, 0.1) is 13.8 Å². The van der Waals surface area contributed by atoms with Gasteiger partial charge in [-0.15, -0.1) is 0 Å². The number of rotatable bonds is 7. The number of aryl methyl sites for hydroxylation is 2. The second-order valence-electron chi connectivity index (χ2n) is 5.80. The molecule has 1 unspecified atom stereocenters. The van der Waals surface area contributed by atoms with Gasteiger partial charge in [0.25, 0.3) is 5.56 Å². The number of pyridine rings is 1. The van der Waals surface area contributed by atoms with E-state index in [4.69, 9.17) is 4.74 Å². The number of aromatic nitrogens is 1. The van der Waals surface area contributed by atoms with Gasteiger partial charge >= 0.3 is 0 Å². The SMILES string of the molecule is Cc1cccc(C)c1OCC(O)CNC(=O)Cn1cc(Br)ccc1=O. The summed E-state index contributed by atoms with van der Waals surface area (Å²) in [6.07, 6.45) is 0.699. The van der Waals surface area contributed by atoms with E-state index in [-0.39, 0.29) is 31.2 Å². The van der Waals surface area contributed by atoms with Gasteiger partial charge in [-0.2, -0.15) is 0 Å². The number of halogens is 1. The summed E-state index contributed by atoms with van der Waals surface area (Å²) in [5, 5.41) is 12.6. The van der Waals surface area contributed by atoms with E-state index in [0.29, 0.717) is 4.47 Å². The summed E-state index contributed by atoms with van der Waals surface area (Å²) >= 11 is 3.25. The molecular formula is C18H21BrN2O4. The fourth-order valence-electron chi connectivity index (χ4n) is 2.33. The lowest BCUT2D eigenvalue weighted by molar-refractivity contribution is -0.122. The normalized spacial score (nSPS) is 11.8. The van der Waals surface area contributed by atoms with E-state index in [2.05, 4.69) is 21.2 Å². The van der Waals surface area contributed by atoms with Crippen LogP contribution in [0.4, 0.5) is 0 Å².